The molecule has 106 valence electrons. The number of hydrogen-bond donors (Lipinski definition) is 2. The Kier molecular flexibility index (Phi) is 3.47. The highest BCUT2D eigenvalue weighted by Crippen LogP contribution is 2.29. The molecule has 0 spiro atoms. The summed E-state index contributed by atoms with van der Waals surface area (Å²) in [5.41, 5.74) is 2.37. The molecule has 3 rings (SSSR count). The Balaban J connectivity index is 1.60. The van der Waals surface area contributed by atoms with Gasteiger partial charge in [-0.3, -0.25) is 9.59 Å². The van der Waals surface area contributed by atoms with E-state index in [0.29, 0.717) is 17.9 Å². The summed E-state index contributed by atoms with van der Waals surface area (Å²) >= 11 is 0. The zero-order valence-electron chi connectivity index (χ0n) is 11.7. The van der Waals surface area contributed by atoms with E-state index in [-0.39, 0.29) is 11.8 Å². The molecule has 1 aliphatic heterocycles. The average Bonchev–Trinajstić information content (AvgIpc) is 2.99. The van der Waals surface area contributed by atoms with Crippen LogP contribution in [0.15, 0.2) is 18.2 Å². The minimum Gasteiger partial charge on any atom is -0.352 e. The lowest BCUT2D eigenvalue weighted by molar-refractivity contribution is -0.115. The molecule has 1 saturated carbocycles. The van der Waals surface area contributed by atoms with E-state index < -0.39 is 0 Å². The molecule has 20 heavy (non-hydrogen) atoms. The first kappa shape index (κ1) is 13.2. The van der Waals surface area contributed by atoms with E-state index in [4.69, 9.17) is 0 Å². The monoisotopic (exact) mass is 272 g/mol. The van der Waals surface area contributed by atoms with Crippen LogP contribution in [-0.2, 0) is 11.2 Å². The molecule has 4 nitrogen and oxygen atoms in total. The second-order valence-electron chi connectivity index (χ2n) is 6.09. The number of fused-ring (bicyclic) bond motifs is 1. The maximum absolute atomic E-state index is 12.1. The van der Waals surface area contributed by atoms with Crippen LogP contribution in [0.1, 0.15) is 42.1 Å². The second kappa shape index (κ2) is 5.27. The summed E-state index contributed by atoms with van der Waals surface area (Å²) in [7, 11) is 0. The highest BCUT2D eigenvalue weighted by Gasteiger charge is 2.22. The minimum absolute atomic E-state index is 0.00231. The van der Waals surface area contributed by atoms with Crippen LogP contribution >= 0.6 is 0 Å². The lowest BCUT2D eigenvalue weighted by atomic mass is 10.1. The number of hydrogen-bond acceptors (Lipinski definition) is 2. The smallest absolute Gasteiger partial charge is 0.251 e. The van der Waals surface area contributed by atoms with Gasteiger partial charge in [0.05, 0.1) is 6.42 Å². The molecule has 1 aliphatic carbocycles. The van der Waals surface area contributed by atoms with Crippen molar-refractivity contribution in [2.45, 2.75) is 32.6 Å². The molecular formula is C16H20N2O2. The van der Waals surface area contributed by atoms with E-state index in [1.165, 1.54) is 19.3 Å². The van der Waals surface area contributed by atoms with Crippen LogP contribution < -0.4 is 10.6 Å². The number of benzene rings is 1. The molecule has 1 fully saturated rings. The molecule has 1 aromatic carbocycles. The van der Waals surface area contributed by atoms with Crippen LogP contribution in [-0.4, -0.2) is 18.4 Å². The average molecular weight is 272 g/mol. The topological polar surface area (TPSA) is 58.2 Å². The van der Waals surface area contributed by atoms with Crippen LogP contribution in [0.25, 0.3) is 0 Å². The maximum atomic E-state index is 12.1. The van der Waals surface area contributed by atoms with Gasteiger partial charge in [0.15, 0.2) is 0 Å². The Labute approximate surface area is 118 Å². The number of anilines is 1. The van der Waals surface area contributed by atoms with Crippen molar-refractivity contribution in [1.29, 1.82) is 0 Å². The number of amides is 2. The van der Waals surface area contributed by atoms with Crippen LogP contribution in [0.4, 0.5) is 5.69 Å². The first-order chi connectivity index (χ1) is 9.61. The van der Waals surface area contributed by atoms with E-state index in [2.05, 4.69) is 17.6 Å². The predicted molar refractivity (Wildman–Crippen MR) is 77.6 cm³/mol. The van der Waals surface area contributed by atoms with Crippen molar-refractivity contribution in [2.75, 3.05) is 11.9 Å². The molecule has 0 radical (unpaired) electrons. The lowest BCUT2D eigenvalue weighted by Gasteiger charge is -2.11. The Hall–Kier alpha value is -1.84. The standard InChI is InChI=1S/C16H20N2O2/c1-10-2-3-11(6-10)9-17-16(20)13-5-4-12-8-15(19)18-14(12)7-13/h4-5,7,10-11H,2-3,6,8-9H2,1H3,(H,17,20)(H,18,19). The van der Waals surface area contributed by atoms with Gasteiger partial charge < -0.3 is 10.6 Å². The molecule has 1 aromatic rings. The van der Waals surface area contributed by atoms with Crippen molar-refractivity contribution in [2.24, 2.45) is 11.8 Å². The Morgan fingerprint density at radius 3 is 3.00 bits per heavy atom. The first-order valence-electron chi connectivity index (χ1n) is 7.33. The largest absolute Gasteiger partial charge is 0.352 e. The summed E-state index contributed by atoms with van der Waals surface area (Å²) in [4.78, 5) is 23.4. The van der Waals surface area contributed by atoms with Gasteiger partial charge in [-0.15, -0.1) is 0 Å². The van der Waals surface area contributed by atoms with Gasteiger partial charge in [-0.2, -0.15) is 0 Å². The fourth-order valence-corrected chi connectivity index (χ4v) is 3.21. The SMILES string of the molecule is CC1CCC(CNC(=O)c2ccc3c(c2)NC(=O)C3)C1. The van der Waals surface area contributed by atoms with Gasteiger partial charge in [0, 0.05) is 17.8 Å². The number of carbonyl (C=O) groups is 2. The molecule has 0 aromatic heterocycles. The van der Waals surface area contributed by atoms with E-state index >= 15 is 0 Å². The van der Waals surface area contributed by atoms with E-state index in [0.717, 1.165) is 23.7 Å². The molecule has 2 amide bonds. The zero-order chi connectivity index (χ0) is 14.1. The third-order valence-corrected chi connectivity index (χ3v) is 4.35. The van der Waals surface area contributed by atoms with Crippen LogP contribution in [0, 0.1) is 11.8 Å². The van der Waals surface area contributed by atoms with Gasteiger partial charge in [-0.1, -0.05) is 19.4 Å². The van der Waals surface area contributed by atoms with Gasteiger partial charge in [0.2, 0.25) is 5.91 Å². The molecule has 2 aliphatic rings. The summed E-state index contributed by atoms with van der Waals surface area (Å²) in [6.07, 6.45) is 4.10. The van der Waals surface area contributed by atoms with Crippen molar-refractivity contribution in [1.82, 2.24) is 5.32 Å². The second-order valence-corrected chi connectivity index (χ2v) is 6.09. The predicted octanol–water partition coefficient (Wildman–Crippen LogP) is 2.35. The molecule has 4 heteroatoms. The van der Waals surface area contributed by atoms with Gasteiger partial charge in [-0.05, 0) is 42.4 Å². The summed E-state index contributed by atoms with van der Waals surface area (Å²) in [6.45, 7) is 3.03. The van der Waals surface area contributed by atoms with Gasteiger partial charge in [0.25, 0.3) is 5.91 Å². The number of carbonyl (C=O) groups excluding carboxylic acids is 2. The molecule has 2 N–H and O–H groups in total. The highest BCUT2D eigenvalue weighted by molar-refractivity contribution is 6.02. The van der Waals surface area contributed by atoms with Crippen molar-refractivity contribution in [3.63, 3.8) is 0 Å². The fourth-order valence-electron chi connectivity index (χ4n) is 3.21. The van der Waals surface area contributed by atoms with Gasteiger partial charge in [-0.25, -0.2) is 0 Å². The van der Waals surface area contributed by atoms with Crippen molar-refractivity contribution in [3.05, 3.63) is 29.3 Å². The molecule has 2 atom stereocenters. The summed E-state index contributed by atoms with van der Waals surface area (Å²) in [5.74, 6) is 1.35. The van der Waals surface area contributed by atoms with Crippen molar-refractivity contribution in [3.8, 4) is 0 Å². The normalized spacial score (nSPS) is 24.4. The first-order valence-corrected chi connectivity index (χ1v) is 7.33. The lowest BCUT2D eigenvalue weighted by Crippen LogP contribution is -2.28. The third kappa shape index (κ3) is 2.69. The van der Waals surface area contributed by atoms with E-state index in [1.807, 2.05) is 6.07 Å². The maximum Gasteiger partial charge on any atom is 0.251 e. The third-order valence-electron chi connectivity index (χ3n) is 4.35. The van der Waals surface area contributed by atoms with Crippen LogP contribution in [0.3, 0.4) is 0 Å². The molecule has 1 heterocycles. The minimum atomic E-state index is -0.0477. The Morgan fingerprint density at radius 2 is 2.25 bits per heavy atom. The summed E-state index contributed by atoms with van der Waals surface area (Å²) in [6, 6.07) is 5.43. The summed E-state index contributed by atoms with van der Waals surface area (Å²) in [5, 5.41) is 5.79. The van der Waals surface area contributed by atoms with Crippen molar-refractivity contribution < 1.29 is 9.59 Å². The van der Waals surface area contributed by atoms with Crippen LogP contribution in [0.5, 0.6) is 0 Å². The molecule has 0 saturated heterocycles. The fraction of sp³-hybridized carbons (Fsp3) is 0.500. The van der Waals surface area contributed by atoms with E-state index in [9.17, 15) is 9.59 Å². The summed E-state index contributed by atoms with van der Waals surface area (Å²) < 4.78 is 0. The number of nitrogens with one attached hydrogen (secondary N) is 2. The van der Waals surface area contributed by atoms with Gasteiger partial charge in [0.1, 0.15) is 0 Å². The Bertz CT molecular complexity index is 553. The highest BCUT2D eigenvalue weighted by atomic mass is 16.2. The Morgan fingerprint density at radius 1 is 1.40 bits per heavy atom. The van der Waals surface area contributed by atoms with Crippen molar-refractivity contribution >= 4 is 17.5 Å². The number of rotatable bonds is 3. The van der Waals surface area contributed by atoms with Gasteiger partial charge >= 0.3 is 0 Å². The molecule has 2 unspecified atom stereocenters. The van der Waals surface area contributed by atoms with Crippen LogP contribution in [0.2, 0.25) is 0 Å². The van der Waals surface area contributed by atoms with E-state index in [1.54, 1.807) is 12.1 Å². The molecular weight excluding hydrogens is 252 g/mol. The quantitative estimate of drug-likeness (QED) is 0.887. The molecule has 0 bridgehead atoms. The zero-order valence-corrected chi connectivity index (χ0v) is 11.7.